The van der Waals surface area contributed by atoms with Crippen molar-refractivity contribution >= 4 is 11.6 Å². The Balaban J connectivity index is 2.03. The molecule has 1 aliphatic heterocycles. The van der Waals surface area contributed by atoms with Crippen LogP contribution in [0.15, 0.2) is 18.2 Å². The zero-order chi connectivity index (χ0) is 15.4. The van der Waals surface area contributed by atoms with Crippen LogP contribution in [-0.2, 0) is 0 Å². The molecule has 0 aliphatic carbocycles. The van der Waals surface area contributed by atoms with Crippen molar-refractivity contribution in [3.63, 3.8) is 0 Å². The Hall–Kier alpha value is -1.75. The van der Waals surface area contributed by atoms with Crippen LogP contribution in [0, 0.1) is 0 Å². The lowest BCUT2D eigenvalue weighted by atomic mass is 10.1. The van der Waals surface area contributed by atoms with Gasteiger partial charge >= 0.3 is 0 Å². The van der Waals surface area contributed by atoms with E-state index in [0.29, 0.717) is 29.6 Å². The normalized spacial score (nSPS) is 18.7. The molecule has 1 aromatic carbocycles. The number of likely N-dealkylation sites (tertiary alicyclic amines) is 1. The number of ether oxygens (including phenoxy) is 1. The summed E-state index contributed by atoms with van der Waals surface area (Å²) in [5.41, 5.74) is 7.05. The number of hydrogen-bond donors (Lipinski definition) is 1. The molecule has 1 amide bonds. The molecule has 1 fully saturated rings. The largest absolute Gasteiger partial charge is 0.492 e. The topological polar surface area (TPSA) is 58.8 Å². The standard InChI is InChI=1S/C16H25N3O2/c1-4-21-15-8-7-12(10-14(15)17)16(20)19(3)11-13-6-5-9-18(13)2/h7-8,10,13H,4-6,9,11,17H2,1-3H3. The fraction of sp³-hybridized carbons (Fsp3) is 0.562. The Kier molecular flexibility index (Phi) is 5.07. The predicted octanol–water partition coefficient (Wildman–Crippen LogP) is 1.83. The van der Waals surface area contributed by atoms with Crippen LogP contribution in [-0.4, -0.2) is 55.5 Å². The van der Waals surface area contributed by atoms with Gasteiger partial charge < -0.3 is 20.3 Å². The van der Waals surface area contributed by atoms with E-state index in [-0.39, 0.29) is 5.91 Å². The maximum atomic E-state index is 12.5. The molecule has 1 atom stereocenters. The molecule has 0 saturated carbocycles. The quantitative estimate of drug-likeness (QED) is 0.841. The van der Waals surface area contributed by atoms with Crippen LogP contribution < -0.4 is 10.5 Å². The molecule has 1 aromatic rings. The van der Waals surface area contributed by atoms with Crippen LogP contribution in [0.4, 0.5) is 5.69 Å². The van der Waals surface area contributed by atoms with Crippen molar-refractivity contribution in [2.45, 2.75) is 25.8 Å². The Labute approximate surface area is 126 Å². The molecule has 2 N–H and O–H groups in total. The number of anilines is 1. The van der Waals surface area contributed by atoms with Crippen LogP contribution >= 0.6 is 0 Å². The number of carbonyl (C=O) groups excluding carboxylic acids is 1. The minimum absolute atomic E-state index is 0.00467. The summed E-state index contributed by atoms with van der Waals surface area (Å²) in [5.74, 6) is 0.636. The van der Waals surface area contributed by atoms with Crippen molar-refractivity contribution in [3.05, 3.63) is 23.8 Å². The van der Waals surface area contributed by atoms with Gasteiger partial charge in [-0.25, -0.2) is 0 Å². The second kappa shape index (κ2) is 6.80. The summed E-state index contributed by atoms with van der Waals surface area (Å²) in [5, 5.41) is 0. The predicted molar refractivity (Wildman–Crippen MR) is 84.6 cm³/mol. The highest BCUT2D eigenvalue weighted by atomic mass is 16.5. The van der Waals surface area contributed by atoms with E-state index in [1.165, 1.54) is 6.42 Å². The van der Waals surface area contributed by atoms with Crippen molar-refractivity contribution < 1.29 is 9.53 Å². The van der Waals surface area contributed by atoms with Gasteiger partial charge in [-0.3, -0.25) is 4.79 Å². The van der Waals surface area contributed by atoms with Gasteiger partial charge in [0.25, 0.3) is 5.91 Å². The second-order valence-electron chi connectivity index (χ2n) is 5.65. The van der Waals surface area contributed by atoms with Crippen LogP contribution in [0.3, 0.4) is 0 Å². The zero-order valence-corrected chi connectivity index (χ0v) is 13.1. The first-order chi connectivity index (χ1) is 10.0. The van der Waals surface area contributed by atoms with E-state index in [1.807, 2.05) is 14.0 Å². The maximum Gasteiger partial charge on any atom is 0.253 e. The van der Waals surface area contributed by atoms with Crippen LogP contribution in [0.5, 0.6) is 5.75 Å². The minimum atomic E-state index is 0.00467. The van der Waals surface area contributed by atoms with Gasteiger partial charge in [0.1, 0.15) is 5.75 Å². The number of nitrogens with two attached hydrogens (primary N) is 1. The molecule has 116 valence electrons. The molecule has 5 heteroatoms. The summed E-state index contributed by atoms with van der Waals surface area (Å²) in [6, 6.07) is 5.70. The van der Waals surface area contributed by atoms with Gasteiger partial charge in [-0.2, -0.15) is 0 Å². The lowest BCUT2D eigenvalue weighted by Gasteiger charge is -2.26. The number of nitrogens with zero attached hydrogens (tertiary/aromatic N) is 2. The molecule has 1 aliphatic rings. The Morgan fingerprint density at radius 1 is 1.52 bits per heavy atom. The van der Waals surface area contributed by atoms with E-state index < -0.39 is 0 Å². The summed E-state index contributed by atoms with van der Waals surface area (Å²) in [4.78, 5) is 16.6. The van der Waals surface area contributed by atoms with E-state index in [9.17, 15) is 4.79 Å². The molecule has 5 nitrogen and oxygen atoms in total. The minimum Gasteiger partial charge on any atom is -0.492 e. The number of amides is 1. The van der Waals surface area contributed by atoms with Crippen LogP contribution in [0.25, 0.3) is 0 Å². The van der Waals surface area contributed by atoms with Gasteiger partial charge in [0.2, 0.25) is 0 Å². The fourth-order valence-electron chi connectivity index (χ4n) is 2.80. The molecule has 0 bridgehead atoms. The fourth-order valence-corrected chi connectivity index (χ4v) is 2.80. The molecule has 1 unspecified atom stereocenters. The van der Waals surface area contributed by atoms with Crippen LogP contribution in [0.1, 0.15) is 30.1 Å². The molecule has 0 radical (unpaired) electrons. The summed E-state index contributed by atoms with van der Waals surface area (Å²) < 4.78 is 5.40. The Bertz CT molecular complexity index is 504. The monoisotopic (exact) mass is 291 g/mol. The third-order valence-corrected chi connectivity index (χ3v) is 4.06. The summed E-state index contributed by atoms with van der Waals surface area (Å²) in [6.07, 6.45) is 2.36. The number of hydrogen-bond acceptors (Lipinski definition) is 4. The average molecular weight is 291 g/mol. The van der Waals surface area contributed by atoms with Gasteiger partial charge in [-0.15, -0.1) is 0 Å². The molecule has 0 aromatic heterocycles. The lowest BCUT2D eigenvalue weighted by Crippen LogP contribution is -2.39. The first kappa shape index (κ1) is 15.6. The Morgan fingerprint density at radius 2 is 2.29 bits per heavy atom. The van der Waals surface area contributed by atoms with Crippen molar-refractivity contribution in [2.75, 3.05) is 39.5 Å². The molecular weight excluding hydrogens is 266 g/mol. The van der Waals surface area contributed by atoms with Gasteiger partial charge in [-0.1, -0.05) is 0 Å². The molecule has 21 heavy (non-hydrogen) atoms. The molecule has 2 rings (SSSR count). The lowest BCUT2D eigenvalue weighted by molar-refractivity contribution is 0.0761. The van der Waals surface area contributed by atoms with E-state index in [2.05, 4.69) is 11.9 Å². The highest BCUT2D eigenvalue weighted by Gasteiger charge is 2.24. The zero-order valence-electron chi connectivity index (χ0n) is 13.1. The molecule has 0 spiro atoms. The number of rotatable bonds is 5. The van der Waals surface area contributed by atoms with Crippen molar-refractivity contribution in [2.24, 2.45) is 0 Å². The van der Waals surface area contributed by atoms with Gasteiger partial charge in [-0.05, 0) is 51.6 Å². The van der Waals surface area contributed by atoms with E-state index in [4.69, 9.17) is 10.5 Å². The van der Waals surface area contributed by atoms with Crippen molar-refractivity contribution in [1.82, 2.24) is 9.80 Å². The third-order valence-electron chi connectivity index (χ3n) is 4.06. The molecule has 1 saturated heterocycles. The highest BCUT2D eigenvalue weighted by Crippen LogP contribution is 2.23. The van der Waals surface area contributed by atoms with E-state index in [1.54, 1.807) is 23.1 Å². The molecule has 1 heterocycles. The van der Waals surface area contributed by atoms with Gasteiger partial charge in [0, 0.05) is 25.2 Å². The molecular formula is C16H25N3O2. The first-order valence-electron chi connectivity index (χ1n) is 7.51. The highest BCUT2D eigenvalue weighted by molar-refractivity contribution is 5.95. The van der Waals surface area contributed by atoms with Gasteiger partial charge in [0.05, 0.1) is 12.3 Å². The maximum absolute atomic E-state index is 12.5. The number of carbonyl (C=O) groups is 1. The summed E-state index contributed by atoms with van der Waals surface area (Å²) in [6.45, 7) is 4.33. The smallest absolute Gasteiger partial charge is 0.253 e. The summed E-state index contributed by atoms with van der Waals surface area (Å²) >= 11 is 0. The third kappa shape index (κ3) is 3.67. The van der Waals surface area contributed by atoms with Crippen molar-refractivity contribution in [3.8, 4) is 5.75 Å². The average Bonchev–Trinajstić information content (AvgIpc) is 2.86. The summed E-state index contributed by atoms with van der Waals surface area (Å²) in [7, 11) is 3.96. The Morgan fingerprint density at radius 3 is 2.86 bits per heavy atom. The second-order valence-corrected chi connectivity index (χ2v) is 5.65. The van der Waals surface area contributed by atoms with Gasteiger partial charge in [0.15, 0.2) is 0 Å². The number of nitrogen functional groups attached to an aromatic ring is 1. The SMILES string of the molecule is CCOc1ccc(C(=O)N(C)CC2CCCN2C)cc1N. The number of benzene rings is 1. The first-order valence-corrected chi connectivity index (χ1v) is 7.51. The van der Waals surface area contributed by atoms with E-state index in [0.717, 1.165) is 19.5 Å². The van der Waals surface area contributed by atoms with E-state index >= 15 is 0 Å². The van der Waals surface area contributed by atoms with Crippen molar-refractivity contribution in [1.29, 1.82) is 0 Å². The van der Waals surface area contributed by atoms with Crippen LogP contribution in [0.2, 0.25) is 0 Å². The number of likely N-dealkylation sites (N-methyl/N-ethyl adjacent to an activating group) is 2.